The molecule has 23 heavy (non-hydrogen) atoms. The smallest absolute Gasteiger partial charge is 0.310 e. The van der Waals surface area contributed by atoms with E-state index in [0.29, 0.717) is 17.0 Å². The van der Waals surface area contributed by atoms with Crippen LogP contribution < -0.4 is 9.46 Å². The lowest BCUT2D eigenvalue weighted by Crippen LogP contribution is -2.13. The standard InChI is InChI=1S/C16H17NO5S/c1-11(16(18)19)12-3-5-13(6-4-12)17-23(20,21)15-9-7-14(22-2)8-10-15/h3-11,17H,1-2H3,(H,18,19). The average molecular weight is 335 g/mol. The van der Waals surface area contributed by atoms with Gasteiger partial charge < -0.3 is 9.84 Å². The molecule has 0 aliphatic rings. The van der Waals surface area contributed by atoms with Crippen molar-refractivity contribution in [1.82, 2.24) is 0 Å². The number of nitrogens with one attached hydrogen (secondary N) is 1. The molecule has 0 radical (unpaired) electrons. The molecule has 0 spiro atoms. The molecule has 0 aliphatic carbocycles. The monoisotopic (exact) mass is 335 g/mol. The minimum Gasteiger partial charge on any atom is -0.497 e. The lowest BCUT2D eigenvalue weighted by molar-refractivity contribution is -0.138. The second kappa shape index (κ2) is 6.70. The number of hydrogen-bond donors (Lipinski definition) is 2. The quantitative estimate of drug-likeness (QED) is 0.846. The number of carbonyl (C=O) groups is 1. The van der Waals surface area contributed by atoms with Gasteiger partial charge in [-0.05, 0) is 48.9 Å². The molecule has 2 N–H and O–H groups in total. The van der Waals surface area contributed by atoms with Crippen molar-refractivity contribution in [2.45, 2.75) is 17.7 Å². The summed E-state index contributed by atoms with van der Waals surface area (Å²) in [6.45, 7) is 1.57. The van der Waals surface area contributed by atoms with E-state index in [1.54, 1.807) is 31.2 Å². The van der Waals surface area contributed by atoms with E-state index in [-0.39, 0.29) is 4.90 Å². The first-order valence-corrected chi connectivity index (χ1v) is 8.31. The average Bonchev–Trinajstić information content (AvgIpc) is 2.54. The third-order valence-corrected chi connectivity index (χ3v) is 4.80. The molecular weight excluding hydrogens is 318 g/mol. The maximum Gasteiger partial charge on any atom is 0.310 e. The summed E-state index contributed by atoms with van der Waals surface area (Å²) in [5.41, 5.74) is 0.965. The summed E-state index contributed by atoms with van der Waals surface area (Å²) in [5, 5.41) is 8.96. The highest BCUT2D eigenvalue weighted by Crippen LogP contribution is 2.21. The Labute approximate surface area is 134 Å². The molecule has 2 aromatic carbocycles. The zero-order chi connectivity index (χ0) is 17.0. The summed E-state index contributed by atoms with van der Waals surface area (Å²) in [7, 11) is -2.21. The zero-order valence-electron chi connectivity index (χ0n) is 12.7. The lowest BCUT2D eigenvalue weighted by atomic mass is 10.0. The van der Waals surface area contributed by atoms with Crippen LogP contribution in [0.4, 0.5) is 5.69 Å². The maximum atomic E-state index is 12.3. The van der Waals surface area contributed by atoms with Crippen LogP contribution in [0.15, 0.2) is 53.4 Å². The van der Waals surface area contributed by atoms with Crippen molar-refractivity contribution in [2.75, 3.05) is 11.8 Å². The third kappa shape index (κ3) is 4.01. The van der Waals surface area contributed by atoms with Crippen LogP contribution in [0.2, 0.25) is 0 Å². The molecule has 7 heteroatoms. The van der Waals surface area contributed by atoms with E-state index in [4.69, 9.17) is 9.84 Å². The Morgan fingerprint density at radius 1 is 1.09 bits per heavy atom. The summed E-state index contributed by atoms with van der Waals surface area (Å²) in [6, 6.07) is 12.3. The van der Waals surface area contributed by atoms with Gasteiger partial charge in [-0.2, -0.15) is 0 Å². The van der Waals surface area contributed by atoms with Crippen molar-refractivity contribution in [3.05, 3.63) is 54.1 Å². The molecule has 0 fully saturated rings. The number of hydrogen-bond acceptors (Lipinski definition) is 4. The number of benzene rings is 2. The molecule has 1 unspecified atom stereocenters. The first-order valence-electron chi connectivity index (χ1n) is 6.83. The Balaban J connectivity index is 2.18. The predicted molar refractivity (Wildman–Crippen MR) is 86.3 cm³/mol. The fraction of sp³-hybridized carbons (Fsp3) is 0.188. The van der Waals surface area contributed by atoms with Gasteiger partial charge in [-0.3, -0.25) is 9.52 Å². The summed E-state index contributed by atoms with van der Waals surface area (Å²) in [4.78, 5) is 11.0. The topological polar surface area (TPSA) is 92.7 Å². The van der Waals surface area contributed by atoms with Gasteiger partial charge >= 0.3 is 5.97 Å². The van der Waals surface area contributed by atoms with Crippen LogP contribution in [-0.4, -0.2) is 26.6 Å². The molecule has 0 saturated heterocycles. The Hall–Kier alpha value is -2.54. The molecule has 0 heterocycles. The van der Waals surface area contributed by atoms with Crippen molar-refractivity contribution < 1.29 is 23.1 Å². The van der Waals surface area contributed by atoms with Crippen molar-refractivity contribution in [2.24, 2.45) is 0 Å². The minimum atomic E-state index is -3.71. The number of rotatable bonds is 6. The number of methoxy groups -OCH3 is 1. The summed E-state index contributed by atoms with van der Waals surface area (Å²) in [5.74, 6) is -1.02. The van der Waals surface area contributed by atoms with Gasteiger partial charge in [0.2, 0.25) is 0 Å². The molecule has 0 aromatic heterocycles. The second-order valence-electron chi connectivity index (χ2n) is 4.96. The first kappa shape index (κ1) is 16.8. The number of anilines is 1. The molecule has 2 rings (SSSR count). The Kier molecular flexibility index (Phi) is 4.90. The van der Waals surface area contributed by atoms with Crippen molar-refractivity contribution in [3.63, 3.8) is 0 Å². The van der Waals surface area contributed by atoms with Gasteiger partial charge in [-0.25, -0.2) is 8.42 Å². The Morgan fingerprint density at radius 2 is 1.65 bits per heavy atom. The first-order chi connectivity index (χ1) is 10.8. The van der Waals surface area contributed by atoms with Crippen LogP contribution in [0.1, 0.15) is 18.4 Å². The highest BCUT2D eigenvalue weighted by atomic mass is 32.2. The van der Waals surface area contributed by atoms with E-state index in [1.165, 1.54) is 31.4 Å². The van der Waals surface area contributed by atoms with E-state index < -0.39 is 21.9 Å². The fourth-order valence-electron chi connectivity index (χ4n) is 1.95. The number of ether oxygens (including phenoxy) is 1. The SMILES string of the molecule is COc1ccc(S(=O)(=O)Nc2ccc(C(C)C(=O)O)cc2)cc1. The van der Waals surface area contributed by atoms with E-state index in [1.807, 2.05) is 0 Å². The molecular formula is C16H17NO5S. The fourth-order valence-corrected chi connectivity index (χ4v) is 3.01. The highest BCUT2D eigenvalue weighted by molar-refractivity contribution is 7.92. The minimum absolute atomic E-state index is 0.112. The van der Waals surface area contributed by atoms with Crippen LogP contribution >= 0.6 is 0 Å². The second-order valence-corrected chi connectivity index (χ2v) is 6.65. The molecule has 0 amide bonds. The van der Waals surface area contributed by atoms with Gasteiger partial charge in [0, 0.05) is 5.69 Å². The molecule has 6 nitrogen and oxygen atoms in total. The summed E-state index contributed by atoms with van der Waals surface area (Å²) < 4.78 is 32.0. The van der Waals surface area contributed by atoms with E-state index >= 15 is 0 Å². The zero-order valence-corrected chi connectivity index (χ0v) is 13.5. The molecule has 122 valence electrons. The van der Waals surface area contributed by atoms with Crippen LogP contribution in [-0.2, 0) is 14.8 Å². The highest BCUT2D eigenvalue weighted by Gasteiger charge is 2.16. The number of carboxylic acids is 1. The predicted octanol–water partition coefficient (Wildman–Crippen LogP) is 2.68. The van der Waals surface area contributed by atoms with Crippen LogP contribution in [0.5, 0.6) is 5.75 Å². The third-order valence-electron chi connectivity index (χ3n) is 3.40. The molecule has 2 aromatic rings. The van der Waals surface area contributed by atoms with E-state index in [2.05, 4.69) is 4.72 Å². The largest absolute Gasteiger partial charge is 0.497 e. The normalized spacial score (nSPS) is 12.4. The van der Waals surface area contributed by atoms with Gasteiger partial charge in [-0.15, -0.1) is 0 Å². The number of aliphatic carboxylic acids is 1. The molecule has 1 atom stereocenters. The van der Waals surface area contributed by atoms with Crippen LogP contribution in [0.25, 0.3) is 0 Å². The van der Waals surface area contributed by atoms with Gasteiger partial charge in [0.15, 0.2) is 0 Å². The van der Waals surface area contributed by atoms with Crippen LogP contribution in [0.3, 0.4) is 0 Å². The summed E-state index contributed by atoms with van der Waals surface area (Å²) >= 11 is 0. The van der Waals surface area contributed by atoms with Crippen molar-refractivity contribution >= 4 is 21.7 Å². The Bertz CT molecular complexity index is 782. The van der Waals surface area contributed by atoms with Crippen LogP contribution in [0, 0.1) is 0 Å². The summed E-state index contributed by atoms with van der Waals surface area (Å²) in [6.07, 6.45) is 0. The van der Waals surface area contributed by atoms with Crippen molar-refractivity contribution in [1.29, 1.82) is 0 Å². The van der Waals surface area contributed by atoms with E-state index in [9.17, 15) is 13.2 Å². The van der Waals surface area contributed by atoms with Crippen molar-refractivity contribution in [3.8, 4) is 5.75 Å². The maximum absolute atomic E-state index is 12.3. The Morgan fingerprint density at radius 3 is 2.13 bits per heavy atom. The van der Waals surface area contributed by atoms with E-state index in [0.717, 1.165) is 0 Å². The van der Waals surface area contributed by atoms with Gasteiger partial charge in [0.1, 0.15) is 5.75 Å². The molecule has 0 saturated carbocycles. The number of carboxylic acid groups (broad SMARTS) is 1. The molecule has 0 aliphatic heterocycles. The molecule has 0 bridgehead atoms. The number of sulfonamides is 1. The van der Waals surface area contributed by atoms with Gasteiger partial charge in [0.25, 0.3) is 10.0 Å². The van der Waals surface area contributed by atoms with Gasteiger partial charge in [-0.1, -0.05) is 12.1 Å². The lowest BCUT2D eigenvalue weighted by Gasteiger charge is -2.11. The van der Waals surface area contributed by atoms with Gasteiger partial charge in [0.05, 0.1) is 17.9 Å².